The molecule has 110 valence electrons. The highest BCUT2D eigenvalue weighted by molar-refractivity contribution is 5.95. The van der Waals surface area contributed by atoms with Crippen LogP contribution in [-0.2, 0) is 9.53 Å². The van der Waals surface area contributed by atoms with E-state index >= 15 is 0 Å². The number of anilines is 2. The van der Waals surface area contributed by atoms with E-state index in [4.69, 9.17) is 10.5 Å². The number of ether oxygens (including phenoxy) is 1. The maximum Gasteiger partial charge on any atom is 0.241 e. The molecule has 20 heavy (non-hydrogen) atoms. The molecule has 0 saturated carbocycles. The number of amides is 1. The van der Waals surface area contributed by atoms with Crippen molar-refractivity contribution in [2.45, 2.75) is 19.9 Å². The summed E-state index contributed by atoms with van der Waals surface area (Å²) in [6, 6.07) is 7.13. The van der Waals surface area contributed by atoms with Crippen molar-refractivity contribution in [1.82, 2.24) is 4.90 Å². The summed E-state index contributed by atoms with van der Waals surface area (Å²) in [6.07, 6.45) is 0. The molecule has 0 aromatic heterocycles. The predicted octanol–water partition coefficient (Wildman–Crippen LogP) is 1.56. The average molecular weight is 277 g/mol. The second kappa shape index (κ2) is 6.72. The number of rotatable bonds is 4. The molecule has 1 heterocycles. The standard InChI is InChI=1S/C15H23N3O2/c1-11(2)14(18-6-8-20-9-7-18)15(19)17-13-5-3-4-12(16)10-13/h3-5,10-11,14H,6-9,16H2,1-2H3,(H,17,19). The van der Waals surface area contributed by atoms with Gasteiger partial charge in [0.05, 0.1) is 19.3 Å². The lowest BCUT2D eigenvalue weighted by Crippen LogP contribution is -2.51. The van der Waals surface area contributed by atoms with Crippen LogP contribution in [0.4, 0.5) is 11.4 Å². The molecule has 2 rings (SSSR count). The molecule has 1 fully saturated rings. The van der Waals surface area contributed by atoms with Crippen molar-refractivity contribution < 1.29 is 9.53 Å². The van der Waals surface area contributed by atoms with E-state index in [0.29, 0.717) is 18.9 Å². The molecule has 3 N–H and O–H groups in total. The first-order chi connectivity index (χ1) is 9.58. The Bertz CT molecular complexity index is 456. The Kier molecular flexibility index (Phi) is 4.98. The maximum atomic E-state index is 12.5. The van der Waals surface area contributed by atoms with Gasteiger partial charge in [0.15, 0.2) is 0 Å². The van der Waals surface area contributed by atoms with Gasteiger partial charge in [0.1, 0.15) is 0 Å². The highest BCUT2D eigenvalue weighted by atomic mass is 16.5. The van der Waals surface area contributed by atoms with Crippen LogP contribution < -0.4 is 11.1 Å². The van der Waals surface area contributed by atoms with Gasteiger partial charge >= 0.3 is 0 Å². The minimum atomic E-state index is -0.139. The summed E-state index contributed by atoms with van der Waals surface area (Å²) in [7, 11) is 0. The fraction of sp³-hybridized carbons (Fsp3) is 0.533. The number of morpholine rings is 1. The van der Waals surface area contributed by atoms with Crippen LogP contribution in [0.2, 0.25) is 0 Å². The Morgan fingerprint density at radius 3 is 2.65 bits per heavy atom. The fourth-order valence-electron chi connectivity index (χ4n) is 2.58. The fourth-order valence-corrected chi connectivity index (χ4v) is 2.58. The Morgan fingerprint density at radius 1 is 1.35 bits per heavy atom. The van der Waals surface area contributed by atoms with Crippen LogP contribution >= 0.6 is 0 Å². The van der Waals surface area contributed by atoms with Gasteiger partial charge < -0.3 is 15.8 Å². The van der Waals surface area contributed by atoms with E-state index in [1.165, 1.54) is 0 Å². The third-order valence-electron chi connectivity index (χ3n) is 3.49. The van der Waals surface area contributed by atoms with Gasteiger partial charge in [-0.25, -0.2) is 0 Å². The molecule has 1 aromatic carbocycles. The maximum absolute atomic E-state index is 12.5. The molecule has 1 aliphatic heterocycles. The number of nitrogens with one attached hydrogen (secondary N) is 1. The predicted molar refractivity (Wildman–Crippen MR) is 80.5 cm³/mol. The molecule has 1 atom stereocenters. The van der Waals surface area contributed by atoms with Crippen molar-refractivity contribution in [3.63, 3.8) is 0 Å². The molecule has 5 heteroatoms. The largest absolute Gasteiger partial charge is 0.399 e. The minimum Gasteiger partial charge on any atom is -0.399 e. The van der Waals surface area contributed by atoms with Gasteiger partial charge in [-0.2, -0.15) is 0 Å². The average Bonchev–Trinajstić information content (AvgIpc) is 2.39. The first kappa shape index (κ1) is 14.8. The van der Waals surface area contributed by atoms with Gasteiger partial charge in [-0.05, 0) is 24.1 Å². The molecule has 0 aliphatic carbocycles. The number of carbonyl (C=O) groups excluding carboxylic acids is 1. The van der Waals surface area contributed by atoms with Crippen molar-refractivity contribution in [2.24, 2.45) is 5.92 Å². The lowest BCUT2D eigenvalue weighted by atomic mass is 10.0. The van der Waals surface area contributed by atoms with Crippen molar-refractivity contribution in [1.29, 1.82) is 0 Å². The number of benzene rings is 1. The molecule has 0 spiro atoms. The molecule has 1 aliphatic rings. The molecular formula is C15H23N3O2. The number of nitrogens with two attached hydrogens (primary N) is 1. The third-order valence-corrected chi connectivity index (χ3v) is 3.49. The van der Waals surface area contributed by atoms with Crippen LogP contribution in [-0.4, -0.2) is 43.2 Å². The molecular weight excluding hydrogens is 254 g/mol. The second-order valence-electron chi connectivity index (χ2n) is 5.45. The third kappa shape index (κ3) is 3.71. The van der Waals surface area contributed by atoms with Crippen LogP contribution in [0.5, 0.6) is 0 Å². The molecule has 0 bridgehead atoms. The number of hydrogen-bond donors (Lipinski definition) is 2. The number of nitrogen functional groups attached to an aromatic ring is 1. The summed E-state index contributed by atoms with van der Waals surface area (Å²) in [5, 5.41) is 2.96. The normalized spacial score (nSPS) is 17.9. The Labute approximate surface area is 120 Å². The summed E-state index contributed by atoms with van der Waals surface area (Å²) in [4.78, 5) is 14.7. The van der Waals surface area contributed by atoms with E-state index in [2.05, 4.69) is 24.1 Å². The zero-order valence-corrected chi connectivity index (χ0v) is 12.1. The van der Waals surface area contributed by atoms with Gasteiger partial charge in [-0.1, -0.05) is 19.9 Å². The second-order valence-corrected chi connectivity index (χ2v) is 5.45. The first-order valence-electron chi connectivity index (χ1n) is 7.06. The van der Waals surface area contributed by atoms with Gasteiger partial charge in [0, 0.05) is 24.5 Å². The van der Waals surface area contributed by atoms with Crippen LogP contribution in [0.1, 0.15) is 13.8 Å². The lowest BCUT2D eigenvalue weighted by molar-refractivity contribution is -0.124. The number of carbonyl (C=O) groups is 1. The molecule has 0 radical (unpaired) electrons. The van der Waals surface area contributed by atoms with E-state index in [1.54, 1.807) is 12.1 Å². The summed E-state index contributed by atoms with van der Waals surface area (Å²) in [5.74, 6) is 0.265. The Morgan fingerprint density at radius 2 is 2.05 bits per heavy atom. The number of hydrogen-bond acceptors (Lipinski definition) is 4. The monoisotopic (exact) mass is 277 g/mol. The highest BCUT2D eigenvalue weighted by Crippen LogP contribution is 2.17. The van der Waals surface area contributed by atoms with Crippen LogP contribution in [0.3, 0.4) is 0 Å². The summed E-state index contributed by atoms with van der Waals surface area (Å²) < 4.78 is 5.35. The molecule has 1 amide bonds. The molecule has 5 nitrogen and oxygen atoms in total. The minimum absolute atomic E-state index is 0.0208. The van der Waals surface area contributed by atoms with Crippen LogP contribution in [0.15, 0.2) is 24.3 Å². The van der Waals surface area contributed by atoms with Crippen LogP contribution in [0, 0.1) is 5.92 Å². The zero-order valence-electron chi connectivity index (χ0n) is 12.1. The van der Waals surface area contributed by atoms with E-state index in [9.17, 15) is 4.79 Å². The zero-order chi connectivity index (χ0) is 14.5. The lowest BCUT2D eigenvalue weighted by Gasteiger charge is -2.35. The van der Waals surface area contributed by atoms with Gasteiger partial charge in [-0.3, -0.25) is 9.69 Å². The highest BCUT2D eigenvalue weighted by Gasteiger charge is 2.30. The Hall–Kier alpha value is -1.59. The summed E-state index contributed by atoms with van der Waals surface area (Å²) >= 11 is 0. The van der Waals surface area contributed by atoms with E-state index in [-0.39, 0.29) is 17.9 Å². The first-order valence-corrected chi connectivity index (χ1v) is 7.06. The topological polar surface area (TPSA) is 67.6 Å². The molecule has 1 unspecified atom stereocenters. The van der Waals surface area contributed by atoms with Crippen molar-refractivity contribution >= 4 is 17.3 Å². The van der Waals surface area contributed by atoms with Crippen molar-refractivity contribution in [3.05, 3.63) is 24.3 Å². The Balaban J connectivity index is 2.06. The quantitative estimate of drug-likeness (QED) is 0.820. The SMILES string of the molecule is CC(C)C(C(=O)Nc1cccc(N)c1)N1CCOCC1. The van der Waals surface area contributed by atoms with Gasteiger partial charge in [-0.15, -0.1) is 0 Å². The van der Waals surface area contributed by atoms with E-state index in [1.807, 2.05) is 12.1 Å². The van der Waals surface area contributed by atoms with Crippen molar-refractivity contribution in [2.75, 3.05) is 37.4 Å². The molecule has 1 saturated heterocycles. The summed E-state index contributed by atoms with van der Waals surface area (Å²) in [6.45, 7) is 7.11. The van der Waals surface area contributed by atoms with Gasteiger partial charge in [0.2, 0.25) is 5.91 Å². The number of nitrogens with zero attached hydrogens (tertiary/aromatic N) is 1. The van der Waals surface area contributed by atoms with Gasteiger partial charge in [0.25, 0.3) is 0 Å². The van der Waals surface area contributed by atoms with Crippen LogP contribution in [0.25, 0.3) is 0 Å². The molecule has 1 aromatic rings. The van der Waals surface area contributed by atoms with E-state index < -0.39 is 0 Å². The van der Waals surface area contributed by atoms with E-state index in [0.717, 1.165) is 18.8 Å². The summed E-state index contributed by atoms with van der Waals surface area (Å²) in [5.41, 5.74) is 7.13. The van der Waals surface area contributed by atoms with Crippen molar-refractivity contribution in [3.8, 4) is 0 Å². The smallest absolute Gasteiger partial charge is 0.241 e.